The highest BCUT2D eigenvalue weighted by molar-refractivity contribution is 9.10. The van der Waals surface area contributed by atoms with E-state index in [-0.39, 0.29) is 12.4 Å². The van der Waals surface area contributed by atoms with Crippen LogP contribution in [-0.2, 0) is 9.53 Å². The molecule has 0 aliphatic carbocycles. The lowest BCUT2D eigenvalue weighted by Gasteiger charge is -2.10. The van der Waals surface area contributed by atoms with Crippen molar-refractivity contribution in [2.75, 3.05) is 7.11 Å². The lowest BCUT2D eigenvalue weighted by molar-refractivity contribution is -0.142. The lowest BCUT2D eigenvalue weighted by atomic mass is 10.1. The van der Waals surface area contributed by atoms with Gasteiger partial charge in [-0.2, -0.15) is 0 Å². The van der Waals surface area contributed by atoms with Crippen molar-refractivity contribution < 1.29 is 9.53 Å². The molecule has 84 valence electrons. The molecule has 1 aromatic rings. The normalized spacial score (nSPS) is 11.5. The van der Waals surface area contributed by atoms with Crippen LogP contribution in [0.3, 0.4) is 0 Å². The molecule has 0 aromatic heterocycles. The van der Waals surface area contributed by atoms with Gasteiger partial charge in [-0.25, -0.2) is 0 Å². The molecule has 0 bridgehead atoms. The molecule has 1 atom stereocenters. The summed E-state index contributed by atoms with van der Waals surface area (Å²) in [5.41, 5.74) is 6.25. The van der Waals surface area contributed by atoms with E-state index in [2.05, 4.69) is 20.7 Å². The number of hydrogen-bond donors (Lipinski definition) is 1. The van der Waals surface area contributed by atoms with Gasteiger partial charge in [-0.3, -0.25) is 4.79 Å². The van der Waals surface area contributed by atoms with Gasteiger partial charge in [0, 0.05) is 9.50 Å². The monoisotopic (exact) mass is 313 g/mol. The molecule has 0 spiro atoms. The van der Waals surface area contributed by atoms with Crippen LogP contribution in [0.4, 0.5) is 0 Å². The van der Waals surface area contributed by atoms with Gasteiger partial charge in [0.05, 0.1) is 7.11 Å². The zero-order valence-electron chi connectivity index (χ0n) is 7.87. The van der Waals surface area contributed by atoms with E-state index < -0.39 is 12.0 Å². The number of esters is 1. The Hall–Kier alpha value is -0.290. The number of nitrogens with two attached hydrogens (primary N) is 1. The lowest BCUT2D eigenvalue weighted by Crippen LogP contribution is -2.22. The Morgan fingerprint density at radius 2 is 2.13 bits per heavy atom. The highest BCUT2D eigenvalue weighted by Crippen LogP contribution is 2.23. The zero-order chi connectivity index (χ0) is 10.7. The van der Waals surface area contributed by atoms with Gasteiger partial charge in [-0.15, -0.1) is 12.4 Å². The molecule has 1 aromatic carbocycles. The minimum atomic E-state index is -0.796. The molecular formula is C9H10BrCl2NO2. The predicted molar refractivity (Wildman–Crippen MR) is 65.3 cm³/mol. The molecule has 2 N–H and O–H groups in total. The number of methoxy groups -OCH3 is 1. The van der Waals surface area contributed by atoms with Crippen LogP contribution in [0.5, 0.6) is 0 Å². The van der Waals surface area contributed by atoms with E-state index in [9.17, 15) is 4.79 Å². The summed E-state index contributed by atoms with van der Waals surface area (Å²) < 4.78 is 5.30. The Morgan fingerprint density at radius 1 is 1.53 bits per heavy atom. The summed E-state index contributed by atoms with van der Waals surface area (Å²) in [7, 11) is 1.29. The molecule has 15 heavy (non-hydrogen) atoms. The van der Waals surface area contributed by atoms with Gasteiger partial charge in [-0.1, -0.05) is 27.5 Å². The Labute approximate surface area is 107 Å². The van der Waals surface area contributed by atoms with Crippen LogP contribution in [0.25, 0.3) is 0 Å². The quantitative estimate of drug-likeness (QED) is 0.854. The summed E-state index contributed by atoms with van der Waals surface area (Å²) >= 11 is 9.06. The molecule has 0 saturated carbocycles. The maximum Gasteiger partial charge on any atom is 0.327 e. The Balaban J connectivity index is 0.00000196. The Kier molecular flexibility index (Phi) is 6.20. The Morgan fingerprint density at radius 3 is 2.60 bits per heavy atom. The standard InChI is InChI=1S/C9H9BrClNO2.ClH/c1-14-9(13)8(12)5-2-6(10)4-7(11)3-5;/h2-4,8H,12H2,1H3;1H. The van der Waals surface area contributed by atoms with Crippen LogP contribution in [-0.4, -0.2) is 13.1 Å². The van der Waals surface area contributed by atoms with Gasteiger partial charge in [-0.05, 0) is 23.8 Å². The van der Waals surface area contributed by atoms with Gasteiger partial charge in [0.2, 0.25) is 0 Å². The first-order valence-corrected chi connectivity index (χ1v) is 5.01. The molecule has 0 heterocycles. The van der Waals surface area contributed by atoms with Crippen molar-refractivity contribution in [2.45, 2.75) is 6.04 Å². The van der Waals surface area contributed by atoms with Crippen LogP contribution < -0.4 is 5.73 Å². The van der Waals surface area contributed by atoms with E-state index in [1.54, 1.807) is 18.2 Å². The van der Waals surface area contributed by atoms with Crippen molar-refractivity contribution in [1.29, 1.82) is 0 Å². The molecule has 0 amide bonds. The molecule has 0 radical (unpaired) electrons. The molecule has 0 fully saturated rings. The summed E-state index contributed by atoms with van der Waals surface area (Å²) in [6, 6.07) is 4.28. The molecule has 0 aliphatic rings. The average molecular weight is 315 g/mol. The minimum Gasteiger partial charge on any atom is -0.468 e. The number of rotatable bonds is 2. The fraction of sp³-hybridized carbons (Fsp3) is 0.222. The fourth-order valence-electron chi connectivity index (χ4n) is 1.02. The van der Waals surface area contributed by atoms with Crippen molar-refractivity contribution in [3.05, 3.63) is 33.3 Å². The van der Waals surface area contributed by atoms with Crippen molar-refractivity contribution in [2.24, 2.45) is 5.73 Å². The van der Waals surface area contributed by atoms with Crippen LogP contribution >= 0.6 is 39.9 Å². The molecule has 0 saturated heterocycles. The number of benzene rings is 1. The molecular weight excluding hydrogens is 305 g/mol. The average Bonchev–Trinajstić information content (AvgIpc) is 2.14. The van der Waals surface area contributed by atoms with E-state index >= 15 is 0 Å². The van der Waals surface area contributed by atoms with Gasteiger partial charge >= 0.3 is 5.97 Å². The number of halogens is 3. The van der Waals surface area contributed by atoms with Gasteiger partial charge in [0.15, 0.2) is 0 Å². The fourth-order valence-corrected chi connectivity index (χ4v) is 1.90. The first kappa shape index (κ1) is 14.7. The third-order valence-corrected chi connectivity index (χ3v) is 2.38. The molecule has 6 heteroatoms. The van der Waals surface area contributed by atoms with Crippen molar-refractivity contribution in [1.82, 2.24) is 0 Å². The SMILES string of the molecule is COC(=O)C(N)c1cc(Cl)cc(Br)c1.Cl. The second kappa shape index (κ2) is 6.33. The summed E-state index contributed by atoms with van der Waals surface area (Å²) in [4.78, 5) is 11.1. The summed E-state index contributed by atoms with van der Waals surface area (Å²) in [6.07, 6.45) is 0. The predicted octanol–water partition coefficient (Wildman–Crippen LogP) is 2.70. The number of ether oxygens (including phenoxy) is 1. The van der Waals surface area contributed by atoms with E-state index in [4.69, 9.17) is 17.3 Å². The maximum atomic E-state index is 11.1. The number of carbonyl (C=O) groups excluding carboxylic acids is 1. The first-order valence-electron chi connectivity index (χ1n) is 3.84. The largest absolute Gasteiger partial charge is 0.468 e. The summed E-state index contributed by atoms with van der Waals surface area (Å²) in [6.45, 7) is 0. The van der Waals surface area contributed by atoms with Crippen molar-refractivity contribution in [3.63, 3.8) is 0 Å². The van der Waals surface area contributed by atoms with Crippen molar-refractivity contribution >= 4 is 45.9 Å². The smallest absolute Gasteiger partial charge is 0.327 e. The molecule has 1 rings (SSSR count). The molecule has 0 aliphatic heterocycles. The van der Waals surface area contributed by atoms with E-state index in [1.807, 2.05) is 0 Å². The second-order valence-corrected chi connectivity index (χ2v) is 4.06. The zero-order valence-corrected chi connectivity index (χ0v) is 11.0. The molecule has 1 unspecified atom stereocenters. The molecule has 3 nitrogen and oxygen atoms in total. The summed E-state index contributed by atoms with van der Waals surface area (Å²) in [5.74, 6) is -0.487. The first-order chi connectivity index (χ1) is 6.54. The van der Waals surface area contributed by atoms with Gasteiger partial charge in [0.1, 0.15) is 6.04 Å². The maximum absolute atomic E-state index is 11.1. The van der Waals surface area contributed by atoms with Gasteiger partial charge < -0.3 is 10.5 Å². The highest BCUT2D eigenvalue weighted by Gasteiger charge is 2.16. The third kappa shape index (κ3) is 3.99. The van der Waals surface area contributed by atoms with E-state index in [0.717, 1.165) is 4.47 Å². The van der Waals surface area contributed by atoms with Crippen LogP contribution in [0, 0.1) is 0 Å². The minimum absolute atomic E-state index is 0. The number of carbonyl (C=O) groups is 1. The van der Waals surface area contributed by atoms with Crippen molar-refractivity contribution in [3.8, 4) is 0 Å². The highest BCUT2D eigenvalue weighted by atomic mass is 79.9. The van der Waals surface area contributed by atoms with Gasteiger partial charge in [0.25, 0.3) is 0 Å². The Bertz CT molecular complexity index is 340. The summed E-state index contributed by atoms with van der Waals surface area (Å²) in [5, 5.41) is 0.522. The van der Waals surface area contributed by atoms with E-state index in [1.165, 1.54) is 7.11 Å². The third-order valence-electron chi connectivity index (χ3n) is 1.70. The topological polar surface area (TPSA) is 52.3 Å². The van der Waals surface area contributed by atoms with Crippen LogP contribution in [0.1, 0.15) is 11.6 Å². The van der Waals surface area contributed by atoms with Crippen LogP contribution in [0.2, 0.25) is 5.02 Å². The second-order valence-electron chi connectivity index (χ2n) is 2.70. The van der Waals surface area contributed by atoms with E-state index in [0.29, 0.717) is 10.6 Å². The number of hydrogen-bond acceptors (Lipinski definition) is 3. The van der Waals surface area contributed by atoms with Crippen LogP contribution in [0.15, 0.2) is 22.7 Å².